The van der Waals surface area contributed by atoms with Crippen LogP contribution in [0.5, 0.6) is 0 Å². The fraction of sp³-hybridized carbons (Fsp3) is 0.816. The summed E-state index contributed by atoms with van der Waals surface area (Å²) in [5, 5.41) is 0. The lowest BCUT2D eigenvalue weighted by Crippen LogP contribution is -2.31. The van der Waals surface area contributed by atoms with E-state index in [9.17, 15) is 14.4 Å². The third kappa shape index (κ3) is 29.0. The molecule has 0 aromatic carbocycles. The van der Waals surface area contributed by atoms with Crippen molar-refractivity contribution >= 4 is 17.9 Å². The SMILES string of the molecule is CCC/C=C\CCOC(=O)CCCCCC(CCCCCC(=O)OCC/C=C\CCC)OC(=O)CC(C)CC(C)(C)CN(C)C. The minimum absolute atomic E-state index is 0.124. The summed E-state index contributed by atoms with van der Waals surface area (Å²) in [7, 11) is 4.16. The van der Waals surface area contributed by atoms with Gasteiger partial charge in [-0.2, -0.15) is 0 Å². The second-order valence-corrected chi connectivity index (χ2v) is 13.8. The number of carbonyl (C=O) groups is 3. The maximum atomic E-state index is 12.9. The standard InChI is InChI=1S/C38H69NO6/c1-8-10-12-14-22-28-43-35(40)26-20-16-18-24-34(45-37(42)30-33(3)31-38(4,5)32-39(6)7)25-19-17-21-27-36(41)44-29-23-15-13-11-9-2/h12-15,33-34H,8-11,16-32H2,1-7H3/b14-12-,15-13-. The van der Waals surface area contributed by atoms with Crippen molar-refractivity contribution in [2.24, 2.45) is 11.3 Å². The average molecular weight is 636 g/mol. The van der Waals surface area contributed by atoms with Gasteiger partial charge in [0, 0.05) is 25.8 Å². The Labute approximate surface area is 276 Å². The topological polar surface area (TPSA) is 82.1 Å². The Morgan fingerprint density at radius 1 is 0.689 bits per heavy atom. The largest absolute Gasteiger partial charge is 0.465 e. The molecule has 0 N–H and O–H groups in total. The molecule has 262 valence electrons. The average Bonchev–Trinajstić information content (AvgIpc) is 2.94. The monoisotopic (exact) mass is 636 g/mol. The van der Waals surface area contributed by atoms with Crippen LogP contribution in [0, 0.1) is 11.3 Å². The highest BCUT2D eigenvalue weighted by atomic mass is 16.5. The van der Waals surface area contributed by atoms with Crippen LogP contribution in [0.2, 0.25) is 0 Å². The van der Waals surface area contributed by atoms with Gasteiger partial charge in [-0.25, -0.2) is 0 Å². The van der Waals surface area contributed by atoms with E-state index in [-0.39, 0.29) is 35.3 Å². The van der Waals surface area contributed by atoms with E-state index < -0.39 is 0 Å². The van der Waals surface area contributed by atoms with E-state index in [0.717, 1.165) is 103 Å². The first kappa shape index (κ1) is 42.9. The summed E-state index contributed by atoms with van der Waals surface area (Å²) in [6.45, 7) is 12.8. The van der Waals surface area contributed by atoms with Crippen molar-refractivity contribution in [1.82, 2.24) is 4.90 Å². The second-order valence-electron chi connectivity index (χ2n) is 13.8. The Balaban J connectivity index is 4.59. The lowest BCUT2D eigenvalue weighted by atomic mass is 9.82. The highest BCUT2D eigenvalue weighted by molar-refractivity contribution is 5.70. The highest BCUT2D eigenvalue weighted by Gasteiger charge is 2.24. The molecule has 0 rings (SSSR count). The summed E-state index contributed by atoms with van der Waals surface area (Å²) in [5.41, 5.74) is 0.127. The fourth-order valence-electron chi connectivity index (χ4n) is 5.78. The Bertz CT molecular complexity index is 775. The van der Waals surface area contributed by atoms with Gasteiger partial charge in [0.1, 0.15) is 6.10 Å². The van der Waals surface area contributed by atoms with Gasteiger partial charge in [-0.15, -0.1) is 0 Å². The normalized spacial score (nSPS) is 12.8. The summed E-state index contributed by atoms with van der Waals surface area (Å²) >= 11 is 0. The molecular weight excluding hydrogens is 566 g/mol. The van der Waals surface area contributed by atoms with Crippen LogP contribution in [0.15, 0.2) is 24.3 Å². The van der Waals surface area contributed by atoms with Gasteiger partial charge in [-0.1, -0.05) is 84.6 Å². The Morgan fingerprint density at radius 2 is 1.16 bits per heavy atom. The van der Waals surface area contributed by atoms with Crippen LogP contribution in [0.25, 0.3) is 0 Å². The zero-order valence-electron chi connectivity index (χ0n) is 30.2. The van der Waals surface area contributed by atoms with Crippen LogP contribution < -0.4 is 0 Å². The molecule has 7 heteroatoms. The van der Waals surface area contributed by atoms with Crippen molar-refractivity contribution in [3.05, 3.63) is 24.3 Å². The van der Waals surface area contributed by atoms with Crippen LogP contribution in [-0.4, -0.2) is 62.8 Å². The van der Waals surface area contributed by atoms with Crippen molar-refractivity contribution in [3.63, 3.8) is 0 Å². The van der Waals surface area contributed by atoms with Gasteiger partial charge in [0.15, 0.2) is 0 Å². The zero-order valence-corrected chi connectivity index (χ0v) is 30.2. The minimum Gasteiger partial charge on any atom is -0.465 e. The predicted molar refractivity (Wildman–Crippen MR) is 186 cm³/mol. The summed E-state index contributed by atoms with van der Waals surface area (Å²) in [5.74, 6) is -0.158. The van der Waals surface area contributed by atoms with Gasteiger partial charge in [-0.3, -0.25) is 14.4 Å². The second kappa shape index (κ2) is 28.1. The van der Waals surface area contributed by atoms with Crippen molar-refractivity contribution in [3.8, 4) is 0 Å². The molecule has 0 spiro atoms. The van der Waals surface area contributed by atoms with Gasteiger partial charge >= 0.3 is 17.9 Å². The molecule has 1 atom stereocenters. The van der Waals surface area contributed by atoms with Crippen molar-refractivity contribution in [2.75, 3.05) is 33.9 Å². The number of esters is 3. The van der Waals surface area contributed by atoms with E-state index in [0.29, 0.717) is 32.5 Å². The van der Waals surface area contributed by atoms with Gasteiger partial charge in [0.2, 0.25) is 0 Å². The molecule has 0 fully saturated rings. The van der Waals surface area contributed by atoms with Crippen molar-refractivity contribution < 1.29 is 28.6 Å². The number of carbonyl (C=O) groups excluding carboxylic acids is 3. The third-order valence-corrected chi connectivity index (χ3v) is 7.61. The number of nitrogens with zero attached hydrogens (tertiary/aromatic N) is 1. The molecule has 0 aliphatic carbocycles. The summed E-state index contributed by atoms with van der Waals surface area (Å²) in [6, 6.07) is 0. The fourth-order valence-corrected chi connectivity index (χ4v) is 5.78. The van der Waals surface area contributed by atoms with E-state index in [1.807, 2.05) is 0 Å². The molecular formula is C38H69NO6. The van der Waals surface area contributed by atoms with Crippen LogP contribution >= 0.6 is 0 Å². The van der Waals surface area contributed by atoms with Crippen LogP contribution in [0.3, 0.4) is 0 Å². The van der Waals surface area contributed by atoms with Gasteiger partial charge in [-0.05, 0) is 96.1 Å². The molecule has 0 aromatic heterocycles. The summed E-state index contributed by atoms with van der Waals surface area (Å²) < 4.78 is 16.7. The molecule has 0 saturated carbocycles. The van der Waals surface area contributed by atoms with E-state index in [4.69, 9.17) is 14.2 Å². The molecule has 45 heavy (non-hydrogen) atoms. The van der Waals surface area contributed by atoms with Gasteiger partial charge in [0.25, 0.3) is 0 Å². The first-order valence-electron chi connectivity index (χ1n) is 17.9. The molecule has 0 amide bonds. The molecule has 0 saturated heterocycles. The highest BCUT2D eigenvalue weighted by Crippen LogP contribution is 2.28. The smallest absolute Gasteiger partial charge is 0.306 e. The molecule has 0 aliphatic heterocycles. The first-order valence-corrected chi connectivity index (χ1v) is 17.9. The Kier molecular flexibility index (Phi) is 26.8. The Morgan fingerprint density at radius 3 is 1.60 bits per heavy atom. The number of unbranched alkanes of at least 4 members (excludes halogenated alkanes) is 6. The van der Waals surface area contributed by atoms with Crippen molar-refractivity contribution in [1.29, 1.82) is 0 Å². The van der Waals surface area contributed by atoms with E-state index in [1.165, 1.54) is 0 Å². The maximum absolute atomic E-state index is 12.9. The number of hydrogen-bond donors (Lipinski definition) is 0. The van der Waals surface area contributed by atoms with Crippen LogP contribution in [-0.2, 0) is 28.6 Å². The lowest BCUT2D eigenvalue weighted by molar-refractivity contribution is -0.151. The van der Waals surface area contributed by atoms with Crippen LogP contribution in [0.1, 0.15) is 150 Å². The van der Waals surface area contributed by atoms with E-state index >= 15 is 0 Å². The Hall–Kier alpha value is -2.15. The predicted octanol–water partition coefficient (Wildman–Crippen LogP) is 9.38. The van der Waals surface area contributed by atoms with Crippen molar-refractivity contribution in [2.45, 2.75) is 156 Å². The summed E-state index contributed by atoms with van der Waals surface area (Å²) in [4.78, 5) is 39.2. The van der Waals surface area contributed by atoms with Gasteiger partial charge < -0.3 is 19.1 Å². The third-order valence-electron chi connectivity index (χ3n) is 7.61. The van der Waals surface area contributed by atoms with Crippen LogP contribution in [0.4, 0.5) is 0 Å². The number of allylic oxidation sites excluding steroid dienone is 2. The quantitative estimate of drug-likeness (QED) is 0.0350. The lowest BCUT2D eigenvalue weighted by Gasteiger charge is -2.31. The molecule has 0 radical (unpaired) electrons. The summed E-state index contributed by atoms with van der Waals surface area (Å²) in [6.07, 6.45) is 23.1. The molecule has 1 unspecified atom stereocenters. The zero-order chi connectivity index (χ0) is 33.8. The van der Waals surface area contributed by atoms with E-state index in [2.05, 4.69) is 77.9 Å². The molecule has 7 nitrogen and oxygen atoms in total. The number of hydrogen-bond acceptors (Lipinski definition) is 7. The molecule has 0 bridgehead atoms. The number of ether oxygens (including phenoxy) is 3. The molecule has 0 heterocycles. The maximum Gasteiger partial charge on any atom is 0.306 e. The number of rotatable bonds is 29. The van der Waals surface area contributed by atoms with E-state index in [1.54, 1.807) is 0 Å². The van der Waals surface area contributed by atoms with Gasteiger partial charge in [0.05, 0.1) is 13.2 Å². The minimum atomic E-state index is -0.139. The molecule has 0 aliphatic rings. The first-order chi connectivity index (χ1) is 21.5. The molecule has 0 aromatic rings.